The van der Waals surface area contributed by atoms with Crippen molar-refractivity contribution in [1.29, 1.82) is 0 Å². The molecule has 0 radical (unpaired) electrons. The fraction of sp³-hybridized carbons (Fsp3) is 0.103. The molecule has 4 aromatic carbocycles. The van der Waals surface area contributed by atoms with Gasteiger partial charge in [-0.05, 0) is 41.5 Å². The van der Waals surface area contributed by atoms with E-state index in [4.69, 9.17) is 4.84 Å². The highest BCUT2D eigenvalue weighted by Gasteiger charge is 2.61. The van der Waals surface area contributed by atoms with Gasteiger partial charge in [0.15, 0.2) is 6.10 Å². The molecule has 2 heterocycles. The van der Waals surface area contributed by atoms with Crippen LogP contribution in [0.2, 0.25) is 0 Å². The van der Waals surface area contributed by atoms with E-state index in [1.165, 1.54) is 11.1 Å². The lowest BCUT2D eigenvalue weighted by Gasteiger charge is -2.28. The second kappa shape index (κ2) is 9.00. The Morgan fingerprint density at radius 2 is 1.32 bits per heavy atom. The molecular weight excluding hydrogens is 470 g/mol. The molecule has 2 aliphatic rings. The van der Waals surface area contributed by atoms with Crippen LogP contribution in [-0.2, 0) is 14.4 Å². The molecule has 0 aliphatic carbocycles. The Morgan fingerprint density at radius 1 is 0.703 bits per heavy atom. The molecule has 0 N–H and O–H groups in total. The predicted octanol–water partition coefficient (Wildman–Crippen LogP) is 5.31. The van der Waals surface area contributed by atoms with Gasteiger partial charge in [0.25, 0.3) is 11.6 Å². The summed E-state index contributed by atoms with van der Waals surface area (Å²) in [4.78, 5) is 46.2. The zero-order chi connectivity index (χ0) is 25.5. The molecule has 3 atom stereocenters. The van der Waals surface area contributed by atoms with Crippen LogP contribution >= 0.6 is 0 Å². The number of benzene rings is 4. The van der Waals surface area contributed by atoms with E-state index in [1.54, 1.807) is 60.7 Å². The average molecular weight is 492 g/mol. The lowest BCUT2D eigenvalue weighted by Crippen LogP contribution is -2.37. The number of para-hydroxylation sites is 2. The van der Waals surface area contributed by atoms with Crippen molar-refractivity contribution in [3.63, 3.8) is 0 Å². The van der Waals surface area contributed by atoms with Gasteiger partial charge >= 0.3 is 0 Å². The minimum atomic E-state index is -1.11. The molecular formula is C29H21N3O5. The first kappa shape index (κ1) is 22.6. The van der Waals surface area contributed by atoms with E-state index in [9.17, 15) is 19.7 Å². The maximum absolute atomic E-state index is 13.9. The first-order valence-corrected chi connectivity index (χ1v) is 11.8. The number of fused-ring (bicyclic) bond motifs is 1. The molecule has 0 spiro atoms. The van der Waals surface area contributed by atoms with Crippen molar-refractivity contribution in [3.8, 4) is 11.1 Å². The molecule has 2 aliphatic heterocycles. The maximum atomic E-state index is 13.9. The van der Waals surface area contributed by atoms with Gasteiger partial charge in [0.1, 0.15) is 12.0 Å². The third-order valence-corrected chi connectivity index (χ3v) is 6.79. The minimum absolute atomic E-state index is 0.137. The molecule has 0 saturated carbocycles. The molecule has 8 heteroatoms. The summed E-state index contributed by atoms with van der Waals surface area (Å²) in [6, 6.07) is 31.2. The zero-order valence-electron chi connectivity index (χ0n) is 19.5. The van der Waals surface area contributed by atoms with Crippen LogP contribution in [0.4, 0.5) is 17.1 Å². The molecule has 0 bridgehead atoms. The Morgan fingerprint density at radius 3 is 2.05 bits per heavy atom. The van der Waals surface area contributed by atoms with E-state index >= 15 is 0 Å². The lowest BCUT2D eigenvalue weighted by atomic mass is 9.89. The third-order valence-electron chi connectivity index (χ3n) is 6.79. The van der Waals surface area contributed by atoms with Crippen LogP contribution in [-0.4, -0.2) is 22.8 Å². The monoisotopic (exact) mass is 491 g/mol. The molecule has 37 heavy (non-hydrogen) atoms. The number of carbonyl (C=O) groups is 2. The van der Waals surface area contributed by atoms with Gasteiger partial charge in [0.05, 0.1) is 21.9 Å². The fourth-order valence-electron chi connectivity index (χ4n) is 5.14. The van der Waals surface area contributed by atoms with Gasteiger partial charge in [-0.3, -0.25) is 24.5 Å². The Hall–Kier alpha value is -4.82. The number of nitro benzene ring substituents is 1. The van der Waals surface area contributed by atoms with E-state index in [1.807, 2.05) is 42.5 Å². The highest BCUT2D eigenvalue weighted by Crippen LogP contribution is 2.49. The smallest absolute Gasteiger partial charge is 0.273 e. The Balaban J connectivity index is 1.44. The number of anilines is 2. The SMILES string of the molecule is O=C1[C@H]2[C@H](ON(c3ccccc3)[C@@H]2c2ccccc2[N+](=O)[O-])C(=O)N1c1cccc(-c2ccccc2)c1. The molecule has 2 saturated heterocycles. The van der Waals surface area contributed by atoms with E-state index in [-0.39, 0.29) is 5.69 Å². The molecule has 0 unspecified atom stereocenters. The number of hydrogen-bond donors (Lipinski definition) is 0. The number of rotatable bonds is 5. The second-order valence-electron chi connectivity index (χ2n) is 8.90. The minimum Gasteiger partial charge on any atom is -0.273 e. The number of hydrogen-bond acceptors (Lipinski definition) is 6. The van der Waals surface area contributed by atoms with Crippen LogP contribution in [0.3, 0.4) is 0 Å². The largest absolute Gasteiger partial charge is 0.274 e. The van der Waals surface area contributed by atoms with Gasteiger partial charge in [0, 0.05) is 6.07 Å². The second-order valence-corrected chi connectivity index (χ2v) is 8.90. The zero-order valence-corrected chi connectivity index (χ0v) is 19.5. The van der Waals surface area contributed by atoms with Crippen molar-refractivity contribution in [2.75, 3.05) is 9.96 Å². The van der Waals surface area contributed by atoms with Gasteiger partial charge < -0.3 is 0 Å². The van der Waals surface area contributed by atoms with Crippen molar-refractivity contribution < 1.29 is 19.3 Å². The van der Waals surface area contributed by atoms with Gasteiger partial charge in [0.2, 0.25) is 5.91 Å². The number of nitrogens with zero attached hydrogens (tertiary/aromatic N) is 3. The summed E-state index contributed by atoms with van der Waals surface area (Å²) in [5.41, 5.74) is 3.01. The molecule has 0 aromatic heterocycles. The Kier molecular flexibility index (Phi) is 5.50. The number of amides is 2. The van der Waals surface area contributed by atoms with Crippen molar-refractivity contribution in [3.05, 3.63) is 125 Å². The summed E-state index contributed by atoms with van der Waals surface area (Å²) >= 11 is 0. The van der Waals surface area contributed by atoms with Crippen LogP contribution in [0.15, 0.2) is 109 Å². The molecule has 6 rings (SSSR count). The van der Waals surface area contributed by atoms with Gasteiger partial charge in [-0.15, -0.1) is 0 Å². The van der Waals surface area contributed by atoms with Crippen LogP contribution in [0.1, 0.15) is 11.6 Å². The first-order chi connectivity index (χ1) is 18.0. The van der Waals surface area contributed by atoms with Crippen LogP contribution < -0.4 is 9.96 Å². The number of carbonyl (C=O) groups excluding carboxylic acids is 2. The molecule has 2 fully saturated rings. The third kappa shape index (κ3) is 3.75. The highest BCUT2D eigenvalue weighted by molar-refractivity contribution is 6.24. The summed E-state index contributed by atoms with van der Waals surface area (Å²) in [5.74, 6) is -1.92. The van der Waals surface area contributed by atoms with Crippen LogP contribution in [0, 0.1) is 16.0 Å². The molecule has 2 amide bonds. The van der Waals surface area contributed by atoms with E-state index in [0.717, 1.165) is 16.0 Å². The van der Waals surface area contributed by atoms with Gasteiger partial charge in [-0.2, -0.15) is 0 Å². The summed E-state index contributed by atoms with van der Waals surface area (Å²) in [6.45, 7) is 0. The van der Waals surface area contributed by atoms with E-state index < -0.39 is 34.8 Å². The van der Waals surface area contributed by atoms with Gasteiger partial charge in [-0.1, -0.05) is 72.8 Å². The van der Waals surface area contributed by atoms with Crippen LogP contribution in [0.25, 0.3) is 11.1 Å². The number of nitro groups is 1. The Labute approximate surface area is 212 Å². The molecule has 182 valence electrons. The quantitative estimate of drug-likeness (QED) is 0.213. The first-order valence-electron chi connectivity index (χ1n) is 11.8. The average Bonchev–Trinajstić information content (AvgIpc) is 3.45. The van der Waals surface area contributed by atoms with Crippen molar-refractivity contribution in [1.82, 2.24) is 0 Å². The number of hydroxylamine groups is 1. The maximum Gasteiger partial charge on any atom is 0.274 e. The van der Waals surface area contributed by atoms with Crippen molar-refractivity contribution in [2.24, 2.45) is 5.92 Å². The normalized spacial score (nSPS) is 20.8. The highest BCUT2D eigenvalue weighted by atomic mass is 16.7. The number of imide groups is 1. The molecule has 4 aromatic rings. The predicted molar refractivity (Wildman–Crippen MR) is 137 cm³/mol. The van der Waals surface area contributed by atoms with Crippen molar-refractivity contribution in [2.45, 2.75) is 12.1 Å². The summed E-state index contributed by atoms with van der Waals surface area (Å²) < 4.78 is 0. The Bertz CT molecular complexity index is 1510. The lowest BCUT2D eigenvalue weighted by molar-refractivity contribution is -0.385. The van der Waals surface area contributed by atoms with E-state index in [2.05, 4.69) is 0 Å². The fourth-order valence-corrected chi connectivity index (χ4v) is 5.14. The summed E-state index contributed by atoms with van der Waals surface area (Å²) in [6.07, 6.45) is -1.11. The summed E-state index contributed by atoms with van der Waals surface area (Å²) in [7, 11) is 0. The van der Waals surface area contributed by atoms with Crippen LogP contribution in [0.5, 0.6) is 0 Å². The summed E-state index contributed by atoms with van der Waals surface area (Å²) in [5, 5.41) is 13.4. The molecule has 8 nitrogen and oxygen atoms in total. The van der Waals surface area contributed by atoms with Crippen molar-refractivity contribution >= 4 is 28.9 Å². The topological polar surface area (TPSA) is 93.0 Å². The van der Waals surface area contributed by atoms with E-state index in [0.29, 0.717) is 16.9 Å². The van der Waals surface area contributed by atoms with Gasteiger partial charge in [-0.25, -0.2) is 9.96 Å². The standard InChI is InChI=1S/C29H21N3O5/c33-28-25-26(23-16-7-8-17-24(23)32(35)36)31(21-13-5-2-6-14-21)37-27(25)29(34)30(28)22-15-9-12-20(18-22)19-10-3-1-4-11-19/h1-18,25-27H/t25-,26-,27+/m1/s1.